The monoisotopic (exact) mass is 509 g/mol. The van der Waals surface area contributed by atoms with Crippen LogP contribution in [0.5, 0.6) is 0 Å². The number of thiazole rings is 1. The summed E-state index contributed by atoms with van der Waals surface area (Å²) in [5.74, 6) is 1.56. The van der Waals surface area contributed by atoms with Crippen LogP contribution >= 0.6 is 35.3 Å². The molecule has 6 nitrogen and oxygen atoms in total. The van der Waals surface area contributed by atoms with Gasteiger partial charge in [0.05, 0.1) is 17.3 Å². The Morgan fingerprint density at radius 2 is 2.15 bits per heavy atom. The van der Waals surface area contributed by atoms with E-state index in [0.29, 0.717) is 12.5 Å². The standard InChI is InChI=1S/C19H35N5OS.HI/c1-5-18-23-17(14-26-18)12-24-9-7-16(8-10-24)11-21-19(20-6-2)22-15(3)13-25-4;/h14-16H,5-13H2,1-4H3,(H2,20,21,22);1H. The molecule has 0 radical (unpaired) electrons. The lowest BCUT2D eigenvalue weighted by molar-refractivity contribution is 0.177. The van der Waals surface area contributed by atoms with E-state index in [-0.39, 0.29) is 30.0 Å². The van der Waals surface area contributed by atoms with Crippen LogP contribution in [0.3, 0.4) is 0 Å². The molecule has 1 aliphatic rings. The predicted octanol–water partition coefficient (Wildman–Crippen LogP) is 3.13. The average molecular weight is 510 g/mol. The van der Waals surface area contributed by atoms with Crippen molar-refractivity contribution in [3.8, 4) is 0 Å². The van der Waals surface area contributed by atoms with Gasteiger partial charge in [-0.3, -0.25) is 9.89 Å². The highest BCUT2D eigenvalue weighted by Gasteiger charge is 2.20. The van der Waals surface area contributed by atoms with Gasteiger partial charge < -0.3 is 15.4 Å². The molecule has 1 fully saturated rings. The third kappa shape index (κ3) is 9.06. The molecule has 1 atom stereocenters. The first-order chi connectivity index (χ1) is 12.6. The summed E-state index contributed by atoms with van der Waals surface area (Å²) in [6, 6.07) is 0.255. The maximum absolute atomic E-state index is 5.19. The molecule has 0 aromatic carbocycles. The molecule has 0 saturated carbocycles. The summed E-state index contributed by atoms with van der Waals surface area (Å²) in [6.45, 7) is 12.1. The Morgan fingerprint density at radius 3 is 2.74 bits per heavy atom. The fourth-order valence-electron chi connectivity index (χ4n) is 3.21. The lowest BCUT2D eigenvalue weighted by Gasteiger charge is -2.30. The van der Waals surface area contributed by atoms with Gasteiger partial charge in [0.15, 0.2) is 5.96 Å². The summed E-state index contributed by atoms with van der Waals surface area (Å²) >= 11 is 1.78. The van der Waals surface area contributed by atoms with E-state index in [0.717, 1.165) is 45.1 Å². The van der Waals surface area contributed by atoms with Crippen molar-refractivity contribution < 1.29 is 4.74 Å². The van der Waals surface area contributed by atoms with Gasteiger partial charge in [-0.25, -0.2) is 4.98 Å². The number of aryl methyl sites for hydroxylation is 1. The topological polar surface area (TPSA) is 61.8 Å². The first-order valence-corrected chi connectivity index (χ1v) is 10.7. The zero-order valence-corrected chi connectivity index (χ0v) is 20.3. The van der Waals surface area contributed by atoms with Gasteiger partial charge in [-0.1, -0.05) is 6.92 Å². The van der Waals surface area contributed by atoms with Crippen LogP contribution < -0.4 is 10.6 Å². The molecule has 1 unspecified atom stereocenters. The van der Waals surface area contributed by atoms with Gasteiger partial charge in [-0.15, -0.1) is 35.3 Å². The normalized spacial score (nSPS) is 17.4. The van der Waals surface area contributed by atoms with Gasteiger partial charge in [0.2, 0.25) is 0 Å². The van der Waals surface area contributed by atoms with Gasteiger partial charge in [-0.2, -0.15) is 0 Å². The fraction of sp³-hybridized carbons (Fsp3) is 0.789. The molecular formula is C19H36IN5OS. The third-order valence-electron chi connectivity index (χ3n) is 4.65. The van der Waals surface area contributed by atoms with Crippen LogP contribution in [-0.2, 0) is 17.7 Å². The van der Waals surface area contributed by atoms with Crippen LogP contribution in [0.4, 0.5) is 0 Å². The SMILES string of the molecule is CCNC(=NCC1CCN(Cc2csc(CC)n2)CC1)NC(C)COC.I. The number of nitrogens with one attached hydrogen (secondary N) is 2. The number of aromatic nitrogens is 1. The highest BCUT2D eigenvalue weighted by molar-refractivity contribution is 14.0. The Labute approximate surface area is 185 Å². The summed E-state index contributed by atoms with van der Waals surface area (Å²) in [6.07, 6.45) is 3.46. The molecule has 2 N–H and O–H groups in total. The maximum atomic E-state index is 5.19. The van der Waals surface area contributed by atoms with Crippen LogP contribution in [0.15, 0.2) is 10.4 Å². The minimum absolute atomic E-state index is 0. The van der Waals surface area contributed by atoms with Crippen molar-refractivity contribution >= 4 is 41.3 Å². The van der Waals surface area contributed by atoms with Gasteiger partial charge in [0.1, 0.15) is 0 Å². The van der Waals surface area contributed by atoms with Crippen LogP contribution in [-0.4, -0.2) is 61.8 Å². The summed E-state index contributed by atoms with van der Waals surface area (Å²) in [4.78, 5) is 12.0. The number of nitrogens with zero attached hydrogens (tertiary/aromatic N) is 3. The van der Waals surface area contributed by atoms with Crippen molar-refractivity contribution in [2.45, 2.75) is 52.6 Å². The number of guanidine groups is 1. The summed E-state index contributed by atoms with van der Waals surface area (Å²) in [7, 11) is 1.73. The second-order valence-electron chi connectivity index (χ2n) is 7.03. The zero-order valence-electron chi connectivity index (χ0n) is 17.2. The molecule has 0 amide bonds. The molecule has 0 aliphatic carbocycles. The fourth-order valence-corrected chi connectivity index (χ4v) is 3.94. The number of aliphatic imine (C=N–C) groups is 1. The molecule has 2 rings (SSSR count). The van der Waals surface area contributed by atoms with E-state index in [1.165, 1.54) is 23.5 Å². The Balaban J connectivity index is 0.00000364. The van der Waals surface area contributed by atoms with E-state index < -0.39 is 0 Å². The second-order valence-corrected chi connectivity index (χ2v) is 7.97. The molecular weight excluding hydrogens is 473 g/mol. The Morgan fingerprint density at radius 1 is 1.41 bits per heavy atom. The molecule has 1 aromatic heterocycles. The van der Waals surface area contributed by atoms with E-state index in [9.17, 15) is 0 Å². The number of hydrogen-bond donors (Lipinski definition) is 2. The van der Waals surface area contributed by atoms with Crippen LogP contribution in [0, 0.1) is 5.92 Å². The predicted molar refractivity (Wildman–Crippen MR) is 125 cm³/mol. The first-order valence-electron chi connectivity index (χ1n) is 9.84. The smallest absolute Gasteiger partial charge is 0.191 e. The third-order valence-corrected chi connectivity index (χ3v) is 5.69. The van der Waals surface area contributed by atoms with Crippen molar-refractivity contribution in [2.75, 3.05) is 39.9 Å². The van der Waals surface area contributed by atoms with E-state index in [2.05, 4.69) is 41.7 Å². The number of halogens is 1. The number of methoxy groups -OCH3 is 1. The van der Waals surface area contributed by atoms with E-state index in [1.807, 2.05) is 0 Å². The molecule has 0 spiro atoms. The minimum Gasteiger partial charge on any atom is -0.383 e. The summed E-state index contributed by atoms with van der Waals surface area (Å²) in [5, 5.41) is 10.2. The highest BCUT2D eigenvalue weighted by Crippen LogP contribution is 2.20. The number of hydrogen-bond acceptors (Lipinski definition) is 5. The van der Waals surface area contributed by atoms with Gasteiger partial charge in [0, 0.05) is 38.2 Å². The first kappa shape index (κ1) is 24.6. The molecule has 2 heterocycles. The molecule has 1 aliphatic heterocycles. The van der Waals surface area contributed by atoms with Gasteiger partial charge in [0.25, 0.3) is 0 Å². The zero-order chi connectivity index (χ0) is 18.8. The van der Waals surface area contributed by atoms with E-state index in [4.69, 9.17) is 14.7 Å². The average Bonchev–Trinajstić information content (AvgIpc) is 3.09. The lowest BCUT2D eigenvalue weighted by atomic mass is 9.97. The van der Waals surface area contributed by atoms with Crippen LogP contribution in [0.2, 0.25) is 0 Å². The van der Waals surface area contributed by atoms with Crippen LogP contribution in [0.25, 0.3) is 0 Å². The van der Waals surface area contributed by atoms with Crippen molar-refractivity contribution in [2.24, 2.45) is 10.9 Å². The lowest BCUT2D eigenvalue weighted by Crippen LogP contribution is -2.44. The Bertz CT molecular complexity index is 546. The highest BCUT2D eigenvalue weighted by atomic mass is 127. The van der Waals surface area contributed by atoms with Gasteiger partial charge in [-0.05, 0) is 52.1 Å². The van der Waals surface area contributed by atoms with Crippen molar-refractivity contribution in [1.82, 2.24) is 20.5 Å². The minimum atomic E-state index is 0. The number of likely N-dealkylation sites (tertiary alicyclic amines) is 1. The largest absolute Gasteiger partial charge is 0.383 e. The molecule has 1 aromatic rings. The number of ether oxygens (including phenoxy) is 1. The van der Waals surface area contributed by atoms with E-state index in [1.54, 1.807) is 18.4 Å². The van der Waals surface area contributed by atoms with Crippen LogP contribution in [0.1, 0.15) is 44.3 Å². The van der Waals surface area contributed by atoms with Crippen molar-refractivity contribution in [1.29, 1.82) is 0 Å². The molecule has 1 saturated heterocycles. The molecule has 27 heavy (non-hydrogen) atoms. The summed E-state index contributed by atoms with van der Waals surface area (Å²) in [5.41, 5.74) is 1.23. The number of rotatable bonds is 9. The van der Waals surface area contributed by atoms with Crippen molar-refractivity contribution in [3.05, 3.63) is 16.1 Å². The second kappa shape index (κ2) is 13.7. The Kier molecular flexibility index (Phi) is 12.5. The quantitative estimate of drug-likeness (QED) is 0.304. The number of piperidine rings is 1. The molecule has 156 valence electrons. The molecule has 8 heteroatoms. The molecule has 0 bridgehead atoms. The Hall–Kier alpha value is -0.450. The van der Waals surface area contributed by atoms with E-state index >= 15 is 0 Å². The van der Waals surface area contributed by atoms with Gasteiger partial charge >= 0.3 is 0 Å². The maximum Gasteiger partial charge on any atom is 0.191 e. The summed E-state index contributed by atoms with van der Waals surface area (Å²) < 4.78 is 5.19. The van der Waals surface area contributed by atoms with Crippen molar-refractivity contribution in [3.63, 3.8) is 0 Å².